The highest BCUT2D eigenvalue weighted by Crippen LogP contribution is 2.34. The number of esters is 1. The maximum atomic E-state index is 12.5. The van der Waals surface area contributed by atoms with Gasteiger partial charge >= 0.3 is 12.0 Å². The minimum atomic E-state index is -0.764. The Balaban J connectivity index is 1.69. The van der Waals surface area contributed by atoms with Crippen LogP contribution in [-0.2, 0) is 14.3 Å². The van der Waals surface area contributed by atoms with E-state index in [4.69, 9.17) is 14.2 Å². The maximum Gasteiger partial charge on any atom is 0.338 e. The molecule has 2 aromatic carbocycles. The number of urea groups is 1. The van der Waals surface area contributed by atoms with Gasteiger partial charge in [-0.1, -0.05) is 6.07 Å². The average molecular weight is 734 g/mol. The third kappa shape index (κ3) is 7.24. The molecule has 0 aliphatic carbocycles. The molecule has 196 valence electrons. The van der Waals surface area contributed by atoms with Crippen molar-refractivity contribution >= 4 is 69.3 Å². The zero-order valence-electron chi connectivity index (χ0n) is 20.1. The van der Waals surface area contributed by atoms with Gasteiger partial charge in [-0.25, -0.2) is 15.0 Å². The summed E-state index contributed by atoms with van der Waals surface area (Å²) in [4.78, 5) is 36.8. The van der Waals surface area contributed by atoms with Gasteiger partial charge in [-0.05, 0) is 94.4 Å². The summed E-state index contributed by atoms with van der Waals surface area (Å²) in [6, 6.07) is 7.09. The number of allylic oxidation sites excluding steroid dienone is 1. The number of benzene rings is 2. The first-order valence-electron chi connectivity index (χ1n) is 10.9. The van der Waals surface area contributed by atoms with E-state index in [0.29, 0.717) is 29.7 Å². The molecule has 2 aromatic rings. The quantitative estimate of drug-likeness (QED) is 0.134. The lowest BCUT2D eigenvalue weighted by Crippen LogP contribution is -2.45. The molecule has 1 atom stereocenters. The van der Waals surface area contributed by atoms with Crippen molar-refractivity contribution in [2.75, 3.05) is 20.3 Å². The number of aromatic hydroxyl groups is 1. The largest absolute Gasteiger partial charge is 0.506 e. The van der Waals surface area contributed by atoms with Crippen molar-refractivity contribution in [3.05, 3.63) is 59.9 Å². The van der Waals surface area contributed by atoms with Crippen molar-refractivity contribution in [3.8, 4) is 17.2 Å². The van der Waals surface area contributed by atoms with Gasteiger partial charge in [0.1, 0.15) is 5.75 Å². The molecular formula is C24H24I2N4O7. The molecule has 3 amide bonds. The first-order chi connectivity index (χ1) is 17.6. The summed E-state index contributed by atoms with van der Waals surface area (Å²) in [6.45, 7) is 3.17. The van der Waals surface area contributed by atoms with Gasteiger partial charge in [0.2, 0.25) is 0 Å². The van der Waals surface area contributed by atoms with Crippen LogP contribution in [-0.4, -0.2) is 49.6 Å². The second kappa shape index (κ2) is 12.9. The molecule has 0 unspecified atom stereocenters. The molecule has 37 heavy (non-hydrogen) atoms. The van der Waals surface area contributed by atoms with E-state index < -0.39 is 23.9 Å². The number of halogens is 2. The van der Waals surface area contributed by atoms with Crippen LogP contribution in [0.4, 0.5) is 4.79 Å². The van der Waals surface area contributed by atoms with Gasteiger partial charge in [-0.3, -0.25) is 4.79 Å². The highest BCUT2D eigenvalue weighted by Gasteiger charge is 2.32. The van der Waals surface area contributed by atoms with Crippen LogP contribution in [0.2, 0.25) is 0 Å². The number of phenolic OH excluding ortho intramolecular Hbond substituents is 1. The van der Waals surface area contributed by atoms with E-state index in [1.165, 1.54) is 13.3 Å². The van der Waals surface area contributed by atoms with Crippen LogP contribution in [0.3, 0.4) is 0 Å². The van der Waals surface area contributed by atoms with Gasteiger partial charge in [-0.2, -0.15) is 5.10 Å². The molecule has 0 spiro atoms. The first-order valence-corrected chi connectivity index (χ1v) is 13.1. The van der Waals surface area contributed by atoms with Gasteiger partial charge in [-0.15, -0.1) is 0 Å². The van der Waals surface area contributed by atoms with Crippen molar-refractivity contribution in [1.82, 2.24) is 16.1 Å². The van der Waals surface area contributed by atoms with Crippen LogP contribution in [0.25, 0.3) is 0 Å². The summed E-state index contributed by atoms with van der Waals surface area (Å²) in [5, 5.41) is 19.1. The average Bonchev–Trinajstić information content (AvgIpc) is 2.85. The predicted molar refractivity (Wildman–Crippen MR) is 152 cm³/mol. The molecule has 4 N–H and O–H groups in total. The second-order valence-electron chi connectivity index (χ2n) is 7.62. The van der Waals surface area contributed by atoms with Gasteiger partial charge in [0.05, 0.1) is 38.7 Å². The zero-order chi connectivity index (χ0) is 27.1. The Morgan fingerprint density at radius 1 is 1.19 bits per heavy atom. The SMILES string of the molecule is CCOC(=O)C1=C(C)NC(=O)N[C@H]1c1ccc(OCC(=O)N/N=C\c2cc(I)c(O)c(I)c2)c(OC)c1. The zero-order valence-corrected chi connectivity index (χ0v) is 24.4. The molecule has 0 saturated heterocycles. The Bertz CT molecular complexity index is 1260. The number of amides is 3. The van der Waals surface area contributed by atoms with E-state index >= 15 is 0 Å². The highest BCUT2D eigenvalue weighted by atomic mass is 127. The van der Waals surface area contributed by atoms with Crippen molar-refractivity contribution in [3.63, 3.8) is 0 Å². The highest BCUT2D eigenvalue weighted by molar-refractivity contribution is 14.1. The van der Waals surface area contributed by atoms with Crippen LogP contribution in [0.15, 0.2) is 46.7 Å². The van der Waals surface area contributed by atoms with E-state index in [2.05, 4.69) is 21.2 Å². The lowest BCUT2D eigenvalue weighted by atomic mass is 9.95. The van der Waals surface area contributed by atoms with E-state index in [-0.39, 0.29) is 30.3 Å². The molecule has 0 radical (unpaired) electrons. The fourth-order valence-corrected chi connectivity index (χ4v) is 5.24. The first kappa shape index (κ1) is 28.5. The van der Waals surface area contributed by atoms with Crippen LogP contribution in [0, 0.1) is 7.14 Å². The molecular weight excluding hydrogens is 710 g/mol. The Morgan fingerprint density at radius 2 is 1.89 bits per heavy atom. The minimum absolute atomic E-state index is 0.187. The van der Waals surface area contributed by atoms with Crippen molar-refractivity contribution < 1.29 is 33.7 Å². The van der Waals surface area contributed by atoms with Crippen molar-refractivity contribution in [2.45, 2.75) is 19.9 Å². The number of rotatable bonds is 9. The standard InChI is InChI=1S/C24H24I2N4O7/c1-4-36-23(33)20-12(2)28-24(34)29-21(20)14-5-6-17(18(9-14)35-3)37-11-19(31)30-27-10-13-7-15(25)22(32)16(26)8-13/h5-10,21,32H,4,11H2,1-3H3,(H,30,31)(H2,28,29,34)/b27-10-/t21-/m0/s1. The van der Waals surface area contributed by atoms with E-state index in [1.54, 1.807) is 44.2 Å². The van der Waals surface area contributed by atoms with Gasteiger partial charge in [0, 0.05) is 5.70 Å². The van der Waals surface area contributed by atoms with Gasteiger partial charge in [0.25, 0.3) is 5.91 Å². The number of hydrogen-bond acceptors (Lipinski definition) is 8. The Kier molecular flexibility index (Phi) is 9.96. The number of ether oxygens (including phenoxy) is 3. The smallest absolute Gasteiger partial charge is 0.338 e. The molecule has 0 bridgehead atoms. The van der Waals surface area contributed by atoms with Crippen LogP contribution >= 0.6 is 45.2 Å². The molecule has 1 heterocycles. The summed E-state index contributed by atoms with van der Waals surface area (Å²) < 4.78 is 17.5. The number of nitrogens with zero attached hydrogens (tertiary/aromatic N) is 1. The van der Waals surface area contributed by atoms with Crippen molar-refractivity contribution in [2.24, 2.45) is 5.10 Å². The maximum absolute atomic E-state index is 12.5. The number of phenols is 1. The molecule has 1 aliphatic heterocycles. The summed E-state index contributed by atoms with van der Waals surface area (Å²) in [6.07, 6.45) is 1.46. The Labute approximate surface area is 240 Å². The number of hydrogen-bond donors (Lipinski definition) is 4. The van der Waals surface area contributed by atoms with E-state index in [0.717, 1.165) is 0 Å². The number of carbonyl (C=O) groups excluding carboxylic acids is 3. The molecule has 13 heteroatoms. The predicted octanol–water partition coefficient (Wildman–Crippen LogP) is 3.33. The normalized spacial score (nSPS) is 15.2. The number of methoxy groups -OCH3 is 1. The topological polar surface area (TPSA) is 148 Å². The fraction of sp³-hybridized carbons (Fsp3) is 0.250. The summed E-state index contributed by atoms with van der Waals surface area (Å²) in [5.41, 5.74) is 4.31. The Hall–Kier alpha value is -3.08. The summed E-state index contributed by atoms with van der Waals surface area (Å²) >= 11 is 4.02. The third-order valence-electron chi connectivity index (χ3n) is 5.09. The number of hydrazone groups is 1. The third-order valence-corrected chi connectivity index (χ3v) is 6.73. The molecule has 11 nitrogen and oxygen atoms in total. The molecule has 0 fully saturated rings. The van der Waals surface area contributed by atoms with E-state index in [1.807, 2.05) is 45.2 Å². The minimum Gasteiger partial charge on any atom is -0.506 e. The number of carbonyl (C=O) groups is 3. The number of nitrogens with one attached hydrogen (secondary N) is 3. The monoisotopic (exact) mass is 734 g/mol. The van der Waals surface area contributed by atoms with Crippen LogP contribution in [0.1, 0.15) is 31.0 Å². The second-order valence-corrected chi connectivity index (χ2v) is 9.94. The van der Waals surface area contributed by atoms with Crippen LogP contribution in [0.5, 0.6) is 17.2 Å². The summed E-state index contributed by atoms with van der Waals surface area (Å²) in [7, 11) is 1.44. The molecule has 0 aromatic heterocycles. The van der Waals surface area contributed by atoms with Gasteiger partial charge in [0.15, 0.2) is 18.1 Å². The van der Waals surface area contributed by atoms with Gasteiger partial charge < -0.3 is 30.0 Å². The van der Waals surface area contributed by atoms with E-state index in [9.17, 15) is 19.5 Å². The van der Waals surface area contributed by atoms with Crippen LogP contribution < -0.4 is 25.5 Å². The summed E-state index contributed by atoms with van der Waals surface area (Å²) in [5.74, 6) is -0.269. The Morgan fingerprint density at radius 3 is 2.54 bits per heavy atom. The lowest BCUT2D eigenvalue weighted by Gasteiger charge is -2.28. The molecule has 3 rings (SSSR count). The molecule has 0 saturated carbocycles. The molecule has 1 aliphatic rings. The fourth-order valence-electron chi connectivity index (χ4n) is 3.42. The van der Waals surface area contributed by atoms with Crippen molar-refractivity contribution in [1.29, 1.82) is 0 Å². The lowest BCUT2D eigenvalue weighted by molar-refractivity contribution is -0.139.